The predicted octanol–water partition coefficient (Wildman–Crippen LogP) is 5.03. The summed E-state index contributed by atoms with van der Waals surface area (Å²) in [7, 11) is 0. The second-order valence-corrected chi connectivity index (χ2v) is 13.0. The molecule has 0 aliphatic carbocycles. The van der Waals surface area contributed by atoms with Crippen molar-refractivity contribution in [3.63, 3.8) is 0 Å². The van der Waals surface area contributed by atoms with Gasteiger partial charge in [0, 0.05) is 0 Å². The first-order valence-electron chi connectivity index (χ1n) is 11.8. The van der Waals surface area contributed by atoms with Crippen molar-refractivity contribution in [2.45, 2.75) is 19.2 Å². The predicted molar refractivity (Wildman–Crippen MR) is 150 cm³/mol. The Kier molecular flexibility index (Phi) is 6.86. The molecule has 36 heavy (non-hydrogen) atoms. The summed E-state index contributed by atoms with van der Waals surface area (Å²) >= 11 is -1.49. The van der Waals surface area contributed by atoms with Crippen LogP contribution in [0.2, 0.25) is 5.32 Å². The SMILES string of the molecule is Cc1ccc(-n2c(/C=C/C[Se](c3ccccc3)c3ccc(C)c(O)c3)nc3ccccc3c2=O)cc1. The molecule has 1 N–H and O–H groups in total. The van der Waals surface area contributed by atoms with Gasteiger partial charge < -0.3 is 0 Å². The van der Waals surface area contributed by atoms with Crippen molar-refractivity contribution < 1.29 is 5.11 Å². The molecule has 0 fully saturated rings. The van der Waals surface area contributed by atoms with Gasteiger partial charge in [-0.2, -0.15) is 0 Å². The van der Waals surface area contributed by atoms with Crippen molar-refractivity contribution >= 4 is 39.8 Å². The zero-order valence-electron chi connectivity index (χ0n) is 20.3. The second kappa shape index (κ2) is 10.4. The van der Waals surface area contributed by atoms with E-state index in [4.69, 9.17) is 4.98 Å². The van der Waals surface area contributed by atoms with Crippen molar-refractivity contribution in [2.24, 2.45) is 0 Å². The second-order valence-electron chi connectivity index (χ2n) is 8.68. The van der Waals surface area contributed by atoms with Crippen molar-refractivity contribution in [1.82, 2.24) is 9.55 Å². The zero-order chi connectivity index (χ0) is 25.1. The van der Waals surface area contributed by atoms with E-state index in [1.807, 2.05) is 86.7 Å². The van der Waals surface area contributed by atoms with Crippen LogP contribution in [0.1, 0.15) is 17.0 Å². The summed E-state index contributed by atoms with van der Waals surface area (Å²) < 4.78 is 4.14. The topological polar surface area (TPSA) is 55.1 Å². The molecule has 4 nitrogen and oxygen atoms in total. The van der Waals surface area contributed by atoms with E-state index in [1.165, 1.54) is 4.46 Å². The van der Waals surface area contributed by atoms with Gasteiger partial charge in [0.1, 0.15) is 0 Å². The third-order valence-corrected chi connectivity index (χ3v) is 10.7. The Morgan fingerprint density at radius 3 is 2.33 bits per heavy atom. The summed E-state index contributed by atoms with van der Waals surface area (Å²) in [5.41, 5.74) is 3.40. The Morgan fingerprint density at radius 2 is 1.58 bits per heavy atom. The molecule has 0 bridgehead atoms. The molecule has 179 valence electrons. The molecule has 5 heteroatoms. The molecule has 0 unspecified atom stereocenters. The number of fused-ring (bicyclic) bond motifs is 1. The molecule has 0 saturated carbocycles. The fourth-order valence-electron chi connectivity index (χ4n) is 4.11. The molecule has 4 aromatic carbocycles. The molecule has 5 aromatic rings. The van der Waals surface area contributed by atoms with Crippen molar-refractivity contribution in [3.8, 4) is 11.4 Å². The van der Waals surface area contributed by atoms with Crippen LogP contribution in [0.3, 0.4) is 0 Å². The first kappa shape index (κ1) is 23.8. The maximum atomic E-state index is 13.5. The van der Waals surface area contributed by atoms with Gasteiger partial charge in [0.25, 0.3) is 0 Å². The number of hydrogen-bond acceptors (Lipinski definition) is 3. The Balaban J connectivity index is 1.58. The van der Waals surface area contributed by atoms with Crippen LogP contribution in [0.5, 0.6) is 5.75 Å². The first-order chi connectivity index (χ1) is 17.5. The van der Waals surface area contributed by atoms with E-state index in [1.54, 1.807) is 4.57 Å². The maximum absolute atomic E-state index is 13.5. The van der Waals surface area contributed by atoms with Crippen molar-refractivity contribution in [1.29, 1.82) is 0 Å². The Morgan fingerprint density at radius 1 is 0.861 bits per heavy atom. The van der Waals surface area contributed by atoms with E-state index >= 15 is 0 Å². The van der Waals surface area contributed by atoms with E-state index < -0.39 is 13.9 Å². The van der Waals surface area contributed by atoms with Crippen LogP contribution in [-0.4, -0.2) is 28.6 Å². The molecule has 0 aliphatic heterocycles. The molecule has 1 aromatic heterocycles. The first-order valence-corrected chi connectivity index (χ1v) is 14.7. The standard InChI is InChI=1S/C31H27N2O2Se/c1-22-14-17-24(18-15-22)33-30(32-28-12-7-6-11-27(28)31(33)35)13-8-20-36(25-9-4-3-5-10-25)26-19-16-23(2)29(34)21-26/h3-19,21,34H,20H2,1-2H3/b13-8+. The van der Waals surface area contributed by atoms with Gasteiger partial charge in [-0.3, -0.25) is 0 Å². The summed E-state index contributed by atoms with van der Waals surface area (Å²) in [6.45, 7) is 3.94. The molecule has 0 saturated heterocycles. The number of nitrogens with zero attached hydrogens (tertiary/aromatic N) is 2. The minimum atomic E-state index is -1.49. The van der Waals surface area contributed by atoms with Crippen LogP contribution in [0.25, 0.3) is 22.7 Å². The van der Waals surface area contributed by atoms with E-state index in [2.05, 4.69) is 36.4 Å². The van der Waals surface area contributed by atoms with E-state index in [0.717, 1.165) is 26.6 Å². The molecular weight excluding hydrogens is 511 g/mol. The molecule has 0 amide bonds. The summed E-state index contributed by atoms with van der Waals surface area (Å²) in [5, 5.41) is 11.8. The van der Waals surface area contributed by atoms with Crippen LogP contribution in [0.4, 0.5) is 0 Å². The van der Waals surface area contributed by atoms with Crippen LogP contribution in [-0.2, 0) is 0 Å². The number of aromatic hydroxyl groups is 1. The summed E-state index contributed by atoms with van der Waals surface area (Å²) in [6, 6.07) is 31.9. The van der Waals surface area contributed by atoms with Crippen LogP contribution < -0.4 is 14.5 Å². The molecule has 0 aliphatic rings. The van der Waals surface area contributed by atoms with Crippen LogP contribution >= 0.6 is 0 Å². The van der Waals surface area contributed by atoms with Gasteiger partial charge in [-0.1, -0.05) is 0 Å². The quantitative estimate of drug-likeness (QED) is 0.309. The number of aryl methyl sites for hydroxylation is 2. The molecule has 5 rings (SSSR count). The third-order valence-electron chi connectivity index (χ3n) is 6.12. The number of aromatic nitrogens is 2. The molecule has 0 spiro atoms. The average Bonchev–Trinajstić information content (AvgIpc) is 2.90. The molecular formula is C31H27N2O2Se. The van der Waals surface area contributed by atoms with Gasteiger partial charge >= 0.3 is 216 Å². The number of para-hydroxylation sites is 1. The average molecular weight is 539 g/mol. The number of benzene rings is 4. The fourth-order valence-corrected chi connectivity index (χ4v) is 8.13. The van der Waals surface area contributed by atoms with Gasteiger partial charge in [-0.05, 0) is 0 Å². The van der Waals surface area contributed by atoms with Gasteiger partial charge in [0.05, 0.1) is 0 Å². The normalized spacial score (nSPS) is 11.5. The van der Waals surface area contributed by atoms with Gasteiger partial charge in [-0.25, -0.2) is 0 Å². The summed E-state index contributed by atoms with van der Waals surface area (Å²) in [6.07, 6.45) is 4.08. The van der Waals surface area contributed by atoms with Gasteiger partial charge in [0.2, 0.25) is 0 Å². The minimum absolute atomic E-state index is 0.0804. The third kappa shape index (κ3) is 4.90. The number of allylic oxidation sites excluding steroid dienone is 1. The molecule has 1 radical (unpaired) electrons. The summed E-state index contributed by atoms with van der Waals surface area (Å²) in [5.74, 6) is 0.929. The van der Waals surface area contributed by atoms with Gasteiger partial charge in [-0.15, -0.1) is 0 Å². The van der Waals surface area contributed by atoms with E-state index in [9.17, 15) is 9.90 Å². The fraction of sp³-hybridized carbons (Fsp3) is 0.0968. The zero-order valence-corrected chi connectivity index (χ0v) is 22.0. The Labute approximate surface area is 215 Å². The van der Waals surface area contributed by atoms with E-state index in [0.29, 0.717) is 22.5 Å². The van der Waals surface area contributed by atoms with Gasteiger partial charge in [0.15, 0.2) is 0 Å². The van der Waals surface area contributed by atoms with Crippen LogP contribution in [0, 0.1) is 13.8 Å². The van der Waals surface area contributed by atoms with Crippen molar-refractivity contribution in [3.05, 3.63) is 130 Å². The van der Waals surface area contributed by atoms with Crippen LogP contribution in [0.15, 0.2) is 108 Å². The molecule has 1 heterocycles. The Bertz CT molecular complexity index is 1610. The number of phenolic OH excluding ortho intramolecular Hbond substituents is 1. The summed E-state index contributed by atoms with van der Waals surface area (Å²) in [4.78, 5) is 18.4. The number of hydrogen-bond donors (Lipinski definition) is 1. The number of rotatable bonds is 6. The monoisotopic (exact) mass is 539 g/mol. The van der Waals surface area contributed by atoms with Crippen molar-refractivity contribution in [2.75, 3.05) is 0 Å². The van der Waals surface area contributed by atoms with E-state index in [-0.39, 0.29) is 5.56 Å². The number of phenols is 1. The molecule has 0 atom stereocenters. The Hall–Kier alpha value is -3.92.